The summed E-state index contributed by atoms with van der Waals surface area (Å²) in [5.74, 6) is -0.506. The second-order valence-electron chi connectivity index (χ2n) is 4.73. The molecular formula is C14H17N3O2S. The van der Waals surface area contributed by atoms with Gasteiger partial charge in [0.25, 0.3) is 0 Å². The Balaban J connectivity index is 2.04. The van der Waals surface area contributed by atoms with E-state index in [4.69, 9.17) is 10.8 Å². The Morgan fingerprint density at radius 2 is 2.30 bits per heavy atom. The lowest BCUT2D eigenvalue weighted by Gasteiger charge is -2.15. The molecule has 0 spiro atoms. The van der Waals surface area contributed by atoms with Crippen LogP contribution in [-0.2, 0) is 6.42 Å². The van der Waals surface area contributed by atoms with Gasteiger partial charge in [0.15, 0.2) is 0 Å². The van der Waals surface area contributed by atoms with Crippen molar-refractivity contribution in [3.05, 3.63) is 39.7 Å². The first-order chi connectivity index (χ1) is 9.45. The summed E-state index contributed by atoms with van der Waals surface area (Å²) in [5, 5.41) is 12.1. The molecule has 0 amide bonds. The van der Waals surface area contributed by atoms with Crippen LogP contribution in [0.2, 0.25) is 0 Å². The number of nitrogens with one attached hydrogen (secondary N) is 1. The molecule has 0 saturated heterocycles. The summed E-state index contributed by atoms with van der Waals surface area (Å²) < 4.78 is 0. The Labute approximate surface area is 121 Å². The third kappa shape index (κ3) is 3.48. The fourth-order valence-corrected chi connectivity index (χ4v) is 2.92. The second kappa shape index (κ2) is 5.92. The molecule has 2 heterocycles. The van der Waals surface area contributed by atoms with Crippen molar-refractivity contribution < 1.29 is 9.90 Å². The number of pyridine rings is 1. The zero-order valence-electron chi connectivity index (χ0n) is 11.4. The van der Waals surface area contributed by atoms with E-state index in [2.05, 4.69) is 29.4 Å². The molecule has 0 aliphatic rings. The molecule has 1 unspecified atom stereocenters. The van der Waals surface area contributed by atoms with E-state index in [9.17, 15) is 4.79 Å². The average molecular weight is 291 g/mol. The van der Waals surface area contributed by atoms with Crippen LogP contribution in [0.3, 0.4) is 0 Å². The van der Waals surface area contributed by atoms with Gasteiger partial charge in [0.2, 0.25) is 0 Å². The van der Waals surface area contributed by atoms with Crippen molar-refractivity contribution in [2.45, 2.75) is 26.3 Å². The van der Waals surface area contributed by atoms with Gasteiger partial charge in [-0.15, -0.1) is 11.3 Å². The van der Waals surface area contributed by atoms with Gasteiger partial charge in [-0.2, -0.15) is 0 Å². The number of nitrogens with two attached hydrogens (primary N) is 1. The minimum Gasteiger partial charge on any atom is -0.478 e. The largest absolute Gasteiger partial charge is 0.478 e. The van der Waals surface area contributed by atoms with Crippen LogP contribution in [0, 0.1) is 6.92 Å². The van der Waals surface area contributed by atoms with E-state index in [-0.39, 0.29) is 11.6 Å². The average Bonchev–Trinajstić information content (AvgIpc) is 2.77. The Kier molecular flexibility index (Phi) is 4.24. The monoisotopic (exact) mass is 291 g/mol. The number of carboxylic acids is 1. The van der Waals surface area contributed by atoms with Gasteiger partial charge in [0.05, 0.1) is 11.3 Å². The molecule has 0 aromatic carbocycles. The van der Waals surface area contributed by atoms with Gasteiger partial charge in [0, 0.05) is 28.4 Å². The van der Waals surface area contributed by atoms with Gasteiger partial charge < -0.3 is 16.2 Å². The first kappa shape index (κ1) is 14.3. The number of nitrogens with zero attached hydrogens (tertiary/aromatic N) is 1. The van der Waals surface area contributed by atoms with E-state index >= 15 is 0 Å². The van der Waals surface area contributed by atoms with Crippen LogP contribution in [0.5, 0.6) is 0 Å². The van der Waals surface area contributed by atoms with Crippen molar-refractivity contribution in [3.8, 4) is 0 Å². The second-order valence-corrected chi connectivity index (χ2v) is 6.10. The van der Waals surface area contributed by atoms with E-state index in [0.717, 1.165) is 6.42 Å². The molecule has 2 aromatic rings. The number of rotatable bonds is 5. The lowest BCUT2D eigenvalue weighted by Crippen LogP contribution is -2.19. The normalized spacial score (nSPS) is 12.1. The standard InChI is InChI=1S/C14H17N3O2S/c1-8(5-11-4-3-9(2)20-11)17-13-12(15)6-10(7-16-13)14(18)19/h3-4,6-8H,5,15H2,1-2H3,(H,16,17)(H,18,19). The predicted molar refractivity (Wildman–Crippen MR) is 81.5 cm³/mol. The molecule has 1 atom stereocenters. The van der Waals surface area contributed by atoms with Gasteiger partial charge >= 0.3 is 5.97 Å². The summed E-state index contributed by atoms with van der Waals surface area (Å²) in [6, 6.07) is 5.79. The predicted octanol–water partition coefficient (Wildman–Crippen LogP) is 2.78. The van der Waals surface area contributed by atoms with E-state index in [1.165, 1.54) is 22.0 Å². The Bertz CT molecular complexity index is 625. The van der Waals surface area contributed by atoms with Crippen molar-refractivity contribution in [2.75, 3.05) is 11.1 Å². The van der Waals surface area contributed by atoms with Crippen LogP contribution >= 0.6 is 11.3 Å². The lowest BCUT2D eigenvalue weighted by atomic mass is 10.2. The van der Waals surface area contributed by atoms with Crippen LogP contribution in [-0.4, -0.2) is 22.1 Å². The molecule has 0 aliphatic carbocycles. The number of anilines is 2. The van der Waals surface area contributed by atoms with Gasteiger partial charge in [-0.1, -0.05) is 0 Å². The quantitative estimate of drug-likeness (QED) is 0.788. The molecule has 4 N–H and O–H groups in total. The maximum Gasteiger partial charge on any atom is 0.337 e. The molecule has 0 fully saturated rings. The van der Waals surface area contributed by atoms with Gasteiger partial charge in [-0.05, 0) is 32.0 Å². The minimum absolute atomic E-state index is 0.0922. The molecule has 2 rings (SSSR count). The van der Waals surface area contributed by atoms with E-state index in [1.807, 2.05) is 6.92 Å². The molecule has 6 heteroatoms. The highest BCUT2D eigenvalue weighted by molar-refractivity contribution is 7.11. The van der Waals surface area contributed by atoms with Crippen molar-refractivity contribution in [1.82, 2.24) is 4.98 Å². The minimum atomic E-state index is -1.03. The molecule has 0 radical (unpaired) electrons. The van der Waals surface area contributed by atoms with Crippen LogP contribution in [0.15, 0.2) is 24.4 Å². The number of hydrogen-bond acceptors (Lipinski definition) is 5. The van der Waals surface area contributed by atoms with Crippen LogP contribution in [0.1, 0.15) is 27.0 Å². The number of thiophene rings is 1. The third-order valence-corrected chi connectivity index (χ3v) is 3.87. The highest BCUT2D eigenvalue weighted by Gasteiger charge is 2.11. The molecule has 20 heavy (non-hydrogen) atoms. The topological polar surface area (TPSA) is 88.2 Å². The zero-order chi connectivity index (χ0) is 14.7. The molecule has 2 aromatic heterocycles. The van der Waals surface area contributed by atoms with E-state index in [1.54, 1.807) is 11.3 Å². The third-order valence-electron chi connectivity index (χ3n) is 2.85. The fourth-order valence-electron chi connectivity index (χ4n) is 1.90. The lowest BCUT2D eigenvalue weighted by molar-refractivity contribution is 0.0696. The summed E-state index contributed by atoms with van der Waals surface area (Å²) in [6.45, 7) is 4.12. The van der Waals surface area contributed by atoms with Gasteiger partial charge in [0.1, 0.15) is 5.82 Å². The SMILES string of the molecule is Cc1ccc(CC(C)Nc2ncc(C(=O)O)cc2N)s1. The molecule has 0 saturated carbocycles. The molecule has 5 nitrogen and oxygen atoms in total. The van der Waals surface area contributed by atoms with Crippen LogP contribution in [0.4, 0.5) is 11.5 Å². The Hall–Kier alpha value is -2.08. The van der Waals surface area contributed by atoms with Crippen molar-refractivity contribution in [1.29, 1.82) is 0 Å². The first-order valence-corrected chi connectivity index (χ1v) is 7.08. The Morgan fingerprint density at radius 3 is 2.85 bits per heavy atom. The molecule has 0 aliphatic heterocycles. The maximum absolute atomic E-state index is 10.8. The zero-order valence-corrected chi connectivity index (χ0v) is 12.2. The van der Waals surface area contributed by atoms with Crippen molar-refractivity contribution in [2.24, 2.45) is 0 Å². The summed E-state index contributed by atoms with van der Waals surface area (Å²) in [7, 11) is 0. The number of aryl methyl sites for hydroxylation is 1. The first-order valence-electron chi connectivity index (χ1n) is 6.26. The maximum atomic E-state index is 10.8. The summed E-state index contributed by atoms with van der Waals surface area (Å²) in [4.78, 5) is 17.5. The van der Waals surface area contributed by atoms with Gasteiger partial charge in [-0.25, -0.2) is 9.78 Å². The molecular weight excluding hydrogens is 274 g/mol. The Morgan fingerprint density at radius 1 is 1.55 bits per heavy atom. The number of carboxylic acid groups (broad SMARTS) is 1. The van der Waals surface area contributed by atoms with Crippen molar-refractivity contribution in [3.63, 3.8) is 0 Å². The summed E-state index contributed by atoms with van der Waals surface area (Å²) in [6.07, 6.45) is 2.18. The number of aromatic nitrogens is 1. The van der Waals surface area contributed by atoms with Crippen LogP contribution in [0.25, 0.3) is 0 Å². The summed E-state index contributed by atoms with van der Waals surface area (Å²) in [5.41, 5.74) is 6.26. The van der Waals surface area contributed by atoms with E-state index in [0.29, 0.717) is 11.5 Å². The highest BCUT2D eigenvalue weighted by atomic mass is 32.1. The molecule has 0 bridgehead atoms. The number of nitrogen functional groups attached to an aromatic ring is 1. The van der Waals surface area contributed by atoms with E-state index < -0.39 is 5.97 Å². The molecule has 106 valence electrons. The van der Waals surface area contributed by atoms with Crippen molar-refractivity contribution >= 4 is 28.8 Å². The summed E-state index contributed by atoms with van der Waals surface area (Å²) >= 11 is 1.77. The number of hydrogen-bond donors (Lipinski definition) is 3. The number of carbonyl (C=O) groups is 1. The fraction of sp³-hybridized carbons (Fsp3) is 0.286. The highest BCUT2D eigenvalue weighted by Crippen LogP contribution is 2.21. The van der Waals surface area contributed by atoms with Crippen LogP contribution < -0.4 is 11.1 Å². The van der Waals surface area contributed by atoms with Gasteiger partial charge in [-0.3, -0.25) is 0 Å². The number of aromatic carboxylic acids is 1. The smallest absolute Gasteiger partial charge is 0.337 e.